The zero-order valence-electron chi connectivity index (χ0n) is 10.7. The fraction of sp³-hybridized carbons (Fsp3) is 0.214. The van der Waals surface area contributed by atoms with E-state index in [1.54, 1.807) is 0 Å². The zero-order chi connectivity index (χ0) is 14.1. The Kier molecular flexibility index (Phi) is 2.98. The summed E-state index contributed by atoms with van der Waals surface area (Å²) < 4.78 is 1.82. The number of carbonyl (C=O) groups excluding carboxylic acids is 3. The van der Waals surface area contributed by atoms with Crippen molar-refractivity contribution in [2.75, 3.05) is 11.4 Å². The van der Waals surface area contributed by atoms with Gasteiger partial charge in [-0.2, -0.15) is 0 Å². The SMILES string of the molecule is O=CCn1ccc2ccc(N3CCC(=O)NC3=O)cc21. The van der Waals surface area contributed by atoms with Gasteiger partial charge < -0.3 is 9.36 Å². The quantitative estimate of drug-likeness (QED) is 0.855. The highest BCUT2D eigenvalue weighted by molar-refractivity contribution is 6.06. The number of hydrogen-bond acceptors (Lipinski definition) is 3. The first-order valence-electron chi connectivity index (χ1n) is 6.33. The molecular formula is C14H13N3O3. The second-order valence-electron chi connectivity index (χ2n) is 4.63. The number of fused-ring (bicyclic) bond motifs is 1. The molecule has 1 aromatic carbocycles. The molecule has 3 rings (SSSR count). The average Bonchev–Trinajstić information content (AvgIpc) is 2.82. The van der Waals surface area contributed by atoms with Crippen molar-refractivity contribution >= 4 is 34.8 Å². The molecule has 1 fully saturated rings. The predicted molar refractivity (Wildman–Crippen MR) is 73.5 cm³/mol. The number of urea groups is 1. The predicted octanol–water partition coefficient (Wildman–Crippen LogP) is 1.29. The molecular weight excluding hydrogens is 258 g/mol. The van der Waals surface area contributed by atoms with Gasteiger partial charge in [-0.1, -0.05) is 6.07 Å². The van der Waals surface area contributed by atoms with Gasteiger partial charge in [0.1, 0.15) is 6.29 Å². The van der Waals surface area contributed by atoms with E-state index in [0.717, 1.165) is 17.2 Å². The van der Waals surface area contributed by atoms with Gasteiger partial charge in [0.2, 0.25) is 5.91 Å². The van der Waals surface area contributed by atoms with Crippen molar-refractivity contribution in [3.05, 3.63) is 30.5 Å². The van der Waals surface area contributed by atoms with E-state index in [-0.39, 0.29) is 12.5 Å². The monoisotopic (exact) mass is 271 g/mol. The smallest absolute Gasteiger partial charge is 0.328 e. The van der Waals surface area contributed by atoms with Crippen molar-refractivity contribution < 1.29 is 14.4 Å². The zero-order valence-corrected chi connectivity index (χ0v) is 10.7. The summed E-state index contributed by atoms with van der Waals surface area (Å²) in [6, 6.07) is 7.10. The Balaban J connectivity index is 1.99. The Labute approximate surface area is 115 Å². The summed E-state index contributed by atoms with van der Waals surface area (Å²) in [4.78, 5) is 35.2. The topological polar surface area (TPSA) is 71.4 Å². The largest absolute Gasteiger partial charge is 0.340 e. The van der Waals surface area contributed by atoms with Crippen molar-refractivity contribution in [1.82, 2.24) is 9.88 Å². The van der Waals surface area contributed by atoms with Crippen LogP contribution >= 0.6 is 0 Å². The highest BCUT2D eigenvalue weighted by atomic mass is 16.2. The van der Waals surface area contributed by atoms with Gasteiger partial charge in [-0.3, -0.25) is 15.0 Å². The van der Waals surface area contributed by atoms with Crippen LogP contribution in [0.1, 0.15) is 6.42 Å². The Morgan fingerprint density at radius 3 is 2.85 bits per heavy atom. The summed E-state index contributed by atoms with van der Waals surface area (Å²) in [7, 11) is 0. The van der Waals surface area contributed by atoms with Crippen LogP contribution in [0.5, 0.6) is 0 Å². The van der Waals surface area contributed by atoms with Crippen LogP contribution in [0.3, 0.4) is 0 Å². The lowest BCUT2D eigenvalue weighted by Crippen LogP contribution is -2.49. The molecule has 1 aliphatic rings. The van der Waals surface area contributed by atoms with Crippen molar-refractivity contribution in [3.63, 3.8) is 0 Å². The van der Waals surface area contributed by atoms with Crippen LogP contribution in [0.25, 0.3) is 10.9 Å². The summed E-state index contributed by atoms with van der Waals surface area (Å²) in [5, 5.41) is 3.30. The Hall–Kier alpha value is -2.63. The minimum atomic E-state index is -0.408. The lowest BCUT2D eigenvalue weighted by Gasteiger charge is -2.26. The summed E-state index contributed by atoms with van der Waals surface area (Å²) >= 11 is 0. The van der Waals surface area contributed by atoms with Crippen molar-refractivity contribution in [2.24, 2.45) is 0 Å². The molecule has 6 nitrogen and oxygen atoms in total. The number of carbonyl (C=O) groups is 3. The minimum absolute atomic E-state index is 0.253. The lowest BCUT2D eigenvalue weighted by molar-refractivity contribution is -0.120. The Bertz CT molecular complexity index is 705. The van der Waals surface area contributed by atoms with Gasteiger partial charge in [-0.05, 0) is 23.6 Å². The maximum absolute atomic E-state index is 11.8. The molecule has 2 heterocycles. The molecule has 1 aliphatic heterocycles. The minimum Gasteiger partial charge on any atom is -0.340 e. The number of imide groups is 1. The maximum atomic E-state index is 11.8. The molecule has 0 unspecified atom stereocenters. The first-order valence-corrected chi connectivity index (χ1v) is 6.33. The summed E-state index contributed by atoms with van der Waals surface area (Å²) in [6.45, 7) is 0.641. The van der Waals surface area contributed by atoms with Crippen LogP contribution in [-0.2, 0) is 16.1 Å². The molecule has 1 saturated heterocycles. The molecule has 0 saturated carbocycles. The van der Waals surface area contributed by atoms with E-state index in [0.29, 0.717) is 18.7 Å². The van der Waals surface area contributed by atoms with Crippen LogP contribution in [0, 0.1) is 0 Å². The van der Waals surface area contributed by atoms with Gasteiger partial charge in [0.15, 0.2) is 0 Å². The molecule has 2 aromatic rings. The lowest BCUT2D eigenvalue weighted by atomic mass is 10.2. The fourth-order valence-corrected chi connectivity index (χ4v) is 2.39. The second kappa shape index (κ2) is 4.80. The molecule has 1 aromatic heterocycles. The normalized spacial score (nSPS) is 15.5. The third-order valence-corrected chi connectivity index (χ3v) is 3.39. The number of rotatable bonds is 3. The summed E-state index contributed by atoms with van der Waals surface area (Å²) in [5.74, 6) is -0.253. The second-order valence-corrected chi connectivity index (χ2v) is 4.63. The summed E-state index contributed by atoms with van der Waals surface area (Å²) in [6.07, 6.45) is 2.96. The van der Waals surface area contributed by atoms with E-state index < -0.39 is 6.03 Å². The van der Waals surface area contributed by atoms with Crippen molar-refractivity contribution in [3.8, 4) is 0 Å². The highest BCUT2D eigenvalue weighted by Crippen LogP contribution is 2.24. The van der Waals surface area contributed by atoms with Crippen LogP contribution in [0.2, 0.25) is 0 Å². The third kappa shape index (κ3) is 2.05. The van der Waals surface area contributed by atoms with Crippen molar-refractivity contribution in [2.45, 2.75) is 13.0 Å². The van der Waals surface area contributed by atoms with Crippen LogP contribution < -0.4 is 10.2 Å². The van der Waals surface area contributed by atoms with Gasteiger partial charge in [-0.25, -0.2) is 4.79 Å². The first-order chi connectivity index (χ1) is 9.69. The van der Waals surface area contributed by atoms with Crippen molar-refractivity contribution in [1.29, 1.82) is 0 Å². The number of hydrogen-bond donors (Lipinski definition) is 1. The first kappa shape index (κ1) is 12.4. The average molecular weight is 271 g/mol. The molecule has 102 valence electrons. The fourth-order valence-electron chi connectivity index (χ4n) is 2.39. The highest BCUT2D eigenvalue weighted by Gasteiger charge is 2.24. The van der Waals surface area contributed by atoms with Gasteiger partial charge in [0, 0.05) is 24.8 Å². The van der Waals surface area contributed by atoms with E-state index in [1.807, 2.05) is 35.0 Å². The van der Waals surface area contributed by atoms with E-state index in [2.05, 4.69) is 5.32 Å². The van der Waals surface area contributed by atoms with Crippen LogP contribution in [0.15, 0.2) is 30.5 Å². The maximum Gasteiger partial charge on any atom is 0.328 e. The number of aldehydes is 1. The molecule has 20 heavy (non-hydrogen) atoms. The number of nitrogens with one attached hydrogen (secondary N) is 1. The number of amides is 3. The molecule has 0 bridgehead atoms. The molecule has 0 aliphatic carbocycles. The van der Waals surface area contributed by atoms with Gasteiger partial charge in [0.25, 0.3) is 0 Å². The third-order valence-electron chi connectivity index (χ3n) is 3.39. The van der Waals surface area contributed by atoms with Gasteiger partial charge in [-0.15, -0.1) is 0 Å². The number of anilines is 1. The number of benzene rings is 1. The van der Waals surface area contributed by atoms with E-state index in [1.165, 1.54) is 4.90 Å². The number of nitrogens with zero attached hydrogens (tertiary/aromatic N) is 2. The molecule has 0 spiro atoms. The Morgan fingerprint density at radius 2 is 2.10 bits per heavy atom. The number of aromatic nitrogens is 1. The standard InChI is InChI=1S/C14H13N3O3/c18-8-7-16-5-3-10-1-2-11(9-12(10)16)17-6-4-13(19)15-14(17)20/h1-3,5,8-9H,4,6-7H2,(H,15,19,20). The molecule has 0 radical (unpaired) electrons. The Morgan fingerprint density at radius 1 is 1.25 bits per heavy atom. The molecule has 3 amide bonds. The summed E-state index contributed by atoms with van der Waals surface area (Å²) in [5.41, 5.74) is 1.60. The van der Waals surface area contributed by atoms with E-state index in [4.69, 9.17) is 0 Å². The van der Waals surface area contributed by atoms with Gasteiger partial charge >= 0.3 is 6.03 Å². The van der Waals surface area contributed by atoms with Crippen LogP contribution in [0.4, 0.5) is 10.5 Å². The molecule has 1 N–H and O–H groups in total. The molecule has 6 heteroatoms. The molecule has 0 atom stereocenters. The van der Waals surface area contributed by atoms with Crippen LogP contribution in [-0.4, -0.2) is 29.3 Å². The van der Waals surface area contributed by atoms with E-state index >= 15 is 0 Å². The van der Waals surface area contributed by atoms with E-state index in [9.17, 15) is 14.4 Å². The van der Waals surface area contributed by atoms with Gasteiger partial charge in [0.05, 0.1) is 12.1 Å².